The highest BCUT2D eigenvalue weighted by molar-refractivity contribution is 7.92. The third kappa shape index (κ3) is 4.83. The Hall–Kier alpha value is -3.36. The summed E-state index contributed by atoms with van der Waals surface area (Å²) in [5.41, 5.74) is 4.65. The van der Waals surface area contributed by atoms with E-state index in [1.807, 2.05) is 6.07 Å². The molecule has 8 heteroatoms. The van der Waals surface area contributed by atoms with Crippen molar-refractivity contribution in [2.24, 2.45) is 5.92 Å². The Kier molecular flexibility index (Phi) is 6.38. The van der Waals surface area contributed by atoms with Gasteiger partial charge in [-0.3, -0.25) is 4.72 Å². The number of nitrogens with one attached hydrogen (secondary N) is 1. The van der Waals surface area contributed by atoms with E-state index in [0.717, 1.165) is 61.3 Å². The van der Waals surface area contributed by atoms with Gasteiger partial charge in [0, 0.05) is 49.8 Å². The Morgan fingerprint density at radius 2 is 1.81 bits per heavy atom. The first-order chi connectivity index (χ1) is 18.0. The molecule has 6 rings (SSSR count). The lowest BCUT2D eigenvalue weighted by atomic mass is 10.0. The summed E-state index contributed by atoms with van der Waals surface area (Å²) in [5.74, 6) is 0.538. The lowest BCUT2D eigenvalue weighted by Crippen LogP contribution is -2.17. The Morgan fingerprint density at radius 3 is 2.57 bits per heavy atom. The Bertz CT molecular complexity index is 1510. The van der Waals surface area contributed by atoms with Crippen LogP contribution in [-0.2, 0) is 16.6 Å². The van der Waals surface area contributed by atoms with Crippen LogP contribution < -0.4 is 9.62 Å². The van der Waals surface area contributed by atoms with Crippen molar-refractivity contribution in [3.8, 4) is 11.1 Å². The molecule has 0 amide bonds. The molecule has 1 unspecified atom stereocenters. The number of nitrogens with zero attached hydrogens (tertiary/aromatic N) is 4. The zero-order valence-corrected chi connectivity index (χ0v) is 22.0. The summed E-state index contributed by atoms with van der Waals surface area (Å²) in [7, 11) is -1.58. The smallest absolute Gasteiger partial charge is 0.261 e. The van der Waals surface area contributed by atoms with E-state index in [2.05, 4.69) is 56.6 Å². The van der Waals surface area contributed by atoms with E-state index in [-0.39, 0.29) is 4.90 Å². The van der Waals surface area contributed by atoms with Gasteiger partial charge in [0.2, 0.25) is 0 Å². The van der Waals surface area contributed by atoms with Crippen LogP contribution in [0.15, 0.2) is 78.0 Å². The molecular weight excluding hydrogens is 482 g/mol. The van der Waals surface area contributed by atoms with Crippen molar-refractivity contribution in [2.75, 3.05) is 42.8 Å². The minimum Gasteiger partial charge on any atom is -0.372 e. The molecule has 0 radical (unpaired) electrons. The number of hydrogen-bond acceptors (Lipinski definition) is 5. The van der Waals surface area contributed by atoms with Gasteiger partial charge < -0.3 is 14.4 Å². The van der Waals surface area contributed by atoms with Crippen LogP contribution in [0.4, 0.5) is 11.4 Å². The maximum Gasteiger partial charge on any atom is 0.261 e. The number of likely N-dealkylation sites (tertiary alicyclic amines) is 1. The molecule has 2 aliphatic heterocycles. The van der Waals surface area contributed by atoms with Gasteiger partial charge in [-0.25, -0.2) is 13.4 Å². The van der Waals surface area contributed by atoms with Gasteiger partial charge in [0.1, 0.15) is 5.65 Å². The second-order valence-electron chi connectivity index (χ2n) is 10.3. The van der Waals surface area contributed by atoms with Crippen LogP contribution in [0.25, 0.3) is 22.2 Å². The summed E-state index contributed by atoms with van der Waals surface area (Å²) >= 11 is 0. The summed E-state index contributed by atoms with van der Waals surface area (Å²) in [4.78, 5) is 9.79. The number of anilines is 2. The van der Waals surface area contributed by atoms with Crippen LogP contribution in [-0.4, -0.2) is 56.1 Å². The topological polar surface area (TPSA) is 70.5 Å². The zero-order valence-electron chi connectivity index (χ0n) is 21.2. The molecule has 4 aromatic rings. The van der Waals surface area contributed by atoms with Crippen LogP contribution in [0.1, 0.15) is 19.3 Å². The molecule has 0 spiro atoms. The number of aromatic nitrogens is 2. The minimum absolute atomic E-state index is 0.242. The SMILES string of the molecule is CN1CCC(Cn2cc(-c3cccc(N4CCCC4)c3)c3c(NS(=O)(=O)c4ccccc4)ccnc32)C1. The average Bonchev–Trinajstić information content (AvgIpc) is 3.66. The van der Waals surface area contributed by atoms with Gasteiger partial charge in [0.15, 0.2) is 0 Å². The van der Waals surface area contributed by atoms with Crippen LogP contribution in [0.2, 0.25) is 0 Å². The van der Waals surface area contributed by atoms with Crippen LogP contribution in [0, 0.1) is 5.92 Å². The highest BCUT2D eigenvalue weighted by Crippen LogP contribution is 2.38. The molecule has 0 aliphatic carbocycles. The molecule has 192 valence electrons. The first-order valence-electron chi connectivity index (χ1n) is 13.1. The summed E-state index contributed by atoms with van der Waals surface area (Å²) in [6.07, 6.45) is 7.45. The molecule has 4 heterocycles. The Morgan fingerprint density at radius 1 is 1.00 bits per heavy atom. The highest BCUT2D eigenvalue weighted by atomic mass is 32.2. The fourth-order valence-corrected chi connectivity index (χ4v) is 6.85. The molecule has 0 saturated carbocycles. The fourth-order valence-electron chi connectivity index (χ4n) is 5.76. The quantitative estimate of drug-likeness (QED) is 0.373. The van der Waals surface area contributed by atoms with Crippen molar-refractivity contribution >= 4 is 32.4 Å². The third-order valence-corrected chi connectivity index (χ3v) is 9.01. The minimum atomic E-state index is -3.75. The summed E-state index contributed by atoms with van der Waals surface area (Å²) in [6, 6.07) is 18.9. The van der Waals surface area contributed by atoms with Gasteiger partial charge >= 0.3 is 0 Å². The van der Waals surface area contributed by atoms with Gasteiger partial charge in [0.05, 0.1) is 16.0 Å². The number of hydrogen-bond donors (Lipinski definition) is 1. The number of fused-ring (bicyclic) bond motifs is 1. The highest BCUT2D eigenvalue weighted by Gasteiger charge is 2.24. The molecule has 2 aromatic carbocycles. The summed E-state index contributed by atoms with van der Waals surface area (Å²) < 4.78 is 31.7. The van der Waals surface area contributed by atoms with Crippen molar-refractivity contribution in [1.29, 1.82) is 0 Å². The van der Waals surface area contributed by atoms with Gasteiger partial charge in [-0.2, -0.15) is 0 Å². The van der Waals surface area contributed by atoms with E-state index >= 15 is 0 Å². The molecule has 2 saturated heterocycles. The molecule has 1 atom stereocenters. The lowest BCUT2D eigenvalue weighted by Gasteiger charge is -2.18. The number of pyridine rings is 1. The third-order valence-electron chi connectivity index (χ3n) is 7.63. The van der Waals surface area contributed by atoms with E-state index in [1.165, 1.54) is 18.5 Å². The van der Waals surface area contributed by atoms with Crippen molar-refractivity contribution in [2.45, 2.75) is 30.7 Å². The van der Waals surface area contributed by atoms with Crippen molar-refractivity contribution in [3.05, 3.63) is 73.1 Å². The fraction of sp³-hybridized carbons (Fsp3) is 0.345. The predicted octanol–water partition coefficient (Wildman–Crippen LogP) is 5.06. The zero-order chi connectivity index (χ0) is 25.4. The molecule has 2 fully saturated rings. The lowest BCUT2D eigenvalue weighted by molar-refractivity contribution is 0.380. The Balaban J connectivity index is 1.46. The van der Waals surface area contributed by atoms with Crippen LogP contribution in [0.5, 0.6) is 0 Å². The standard InChI is InChI=1S/C29H33N5O2S/c1-32-17-13-22(19-32)20-34-21-26(23-8-7-9-24(18-23)33-15-5-6-16-33)28-27(12-14-30-29(28)34)31-37(35,36)25-10-3-2-4-11-25/h2-4,7-12,14,18,21-22H,5-6,13,15-17,19-20H2,1H3,(H,30,31). The van der Waals surface area contributed by atoms with Gasteiger partial charge in [0.25, 0.3) is 10.0 Å². The van der Waals surface area contributed by atoms with E-state index in [0.29, 0.717) is 11.6 Å². The maximum absolute atomic E-state index is 13.3. The second kappa shape index (κ2) is 9.84. The molecule has 0 bridgehead atoms. The first-order valence-corrected chi connectivity index (χ1v) is 14.6. The number of sulfonamides is 1. The van der Waals surface area contributed by atoms with Gasteiger partial charge in [-0.1, -0.05) is 30.3 Å². The molecular formula is C29H33N5O2S. The van der Waals surface area contributed by atoms with Crippen LogP contribution in [0.3, 0.4) is 0 Å². The molecule has 2 aliphatic rings. The largest absolute Gasteiger partial charge is 0.372 e. The van der Waals surface area contributed by atoms with E-state index in [1.54, 1.807) is 36.5 Å². The van der Waals surface area contributed by atoms with E-state index in [9.17, 15) is 8.42 Å². The molecule has 2 aromatic heterocycles. The molecule has 1 N–H and O–H groups in total. The number of benzene rings is 2. The van der Waals surface area contributed by atoms with Crippen molar-refractivity contribution in [3.63, 3.8) is 0 Å². The molecule has 37 heavy (non-hydrogen) atoms. The average molecular weight is 516 g/mol. The number of rotatable bonds is 7. The van der Waals surface area contributed by atoms with Gasteiger partial charge in [-0.05, 0) is 74.7 Å². The molecule has 7 nitrogen and oxygen atoms in total. The summed E-state index contributed by atoms with van der Waals surface area (Å²) in [5, 5.41) is 0.840. The predicted molar refractivity (Wildman–Crippen MR) is 149 cm³/mol. The monoisotopic (exact) mass is 515 g/mol. The normalized spacial score (nSPS) is 18.6. The maximum atomic E-state index is 13.3. The second-order valence-corrected chi connectivity index (χ2v) is 12.0. The van der Waals surface area contributed by atoms with E-state index in [4.69, 9.17) is 4.98 Å². The van der Waals surface area contributed by atoms with Crippen molar-refractivity contribution < 1.29 is 8.42 Å². The Labute approximate surface area is 218 Å². The summed E-state index contributed by atoms with van der Waals surface area (Å²) in [6.45, 7) is 5.16. The van der Waals surface area contributed by atoms with Crippen LogP contribution >= 0.6 is 0 Å². The van der Waals surface area contributed by atoms with E-state index < -0.39 is 10.0 Å². The van der Waals surface area contributed by atoms with Gasteiger partial charge in [-0.15, -0.1) is 0 Å². The van der Waals surface area contributed by atoms with Crippen molar-refractivity contribution in [1.82, 2.24) is 14.5 Å². The first kappa shape index (κ1) is 24.0.